The zero-order valence-corrected chi connectivity index (χ0v) is 16.0. The van der Waals surface area contributed by atoms with Crippen LogP contribution in [-0.2, 0) is 14.8 Å². The molecule has 0 heterocycles. The summed E-state index contributed by atoms with van der Waals surface area (Å²) < 4.78 is 27.3. The second-order valence-electron chi connectivity index (χ2n) is 7.03. The number of ketones is 1. The maximum Gasteiger partial charge on any atom is 0.296 e. The van der Waals surface area contributed by atoms with Crippen molar-refractivity contribution in [2.24, 2.45) is 0 Å². The van der Waals surface area contributed by atoms with Gasteiger partial charge in [-0.3, -0.25) is 9.59 Å². The van der Waals surface area contributed by atoms with E-state index in [0.717, 1.165) is 5.56 Å². The smallest absolute Gasteiger partial charge is 0.296 e. The van der Waals surface area contributed by atoms with Crippen LogP contribution in [0.1, 0.15) is 36.7 Å². The second-order valence-corrected chi connectivity index (χ2v) is 8.72. The number of carbonyl (C=O) groups is 2. The first-order chi connectivity index (χ1) is 12.0. The zero-order chi connectivity index (χ0) is 19.5. The summed E-state index contributed by atoms with van der Waals surface area (Å²) in [5, 5.41) is 2.45. The molecule has 0 aromatic heterocycles. The summed E-state index contributed by atoms with van der Waals surface area (Å²) in [6.45, 7) is 7.08. The number of hydrogen-bond donors (Lipinski definition) is 2. The molecule has 0 unspecified atom stereocenters. The number of carbonyl (C=O) groups excluding carboxylic acids is 2. The van der Waals surface area contributed by atoms with Crippen LogP contribution in [0.2, 0.25) is 0 Å². The van der Waals surface area contributed by atoms with E-state index in [2.05, 4.69) is 10.0 Å². The molecule has 2 aromatic carbocycles. The SMILES string of the molecule is Cc1ccc(C(=O)C(=O)Nc2cccc(S(=O)(=O)NC(C)(C)C)c2)cc1. The third-order valence-electron chi connectivity index (χ3n) is 3.36. The van der Waals surface area contributed by atoms with Crippen LogP contribution in [0.15, 0.2) is 53.4 Å². The lowest BCUT2D eigenvalue weighted by Gasteiger charge is -2.20. The first-order valence-corrected chi connectivity index (χ1v) is 9.53. The zero-order valence-electron chi connectivity index (χ0n) is 15.2. The number of sulfonamides is 1. The van der Waals surface area contributed by atoms with Crippen molar-refractivity contribution in [2.75, 3.05) is 5.32 Å². The number of anilines is 1. The summed E-state index contributed by atoms with van der Waals surface area (Å²) >= 11 is 0. The predicted octanol–water partition coefficient (Wildman–Crippen LogP) is 2.89. The highest BCUT2D eigenvalue weighted by Crippen LogP contribution is 2.18. The van der Waals surface area contributed by atoms with Gasteiger partial charge in [-0.2, -0.15) is 0 Å². The number of amides is 1. The van der Waals surface area contributed by atoms with Gasteiger partial charge in [0, 0.05) is 16.8 Å². The Morgan fingerprint density at radius 2 is 1.58 bits per heavy atom. The molecule has 0 radical (unpaired) electrons. The lowest BCUT2D eigenvalue weighted by Crippen LogP contribution is -2.40. The maximum absolute atomic E-state index is 12.4. The quantitative estimate of drug-likeness (QED) is 0.622. The van der Waals surface area contributed by atoms with E-state index >= 15 is 0 Å². The molecule has 26 heavy (non-hydrogen) atoms. The number of Topliss-reactive ketones (excluding diaryl/α,β-unsaturated/α-hetero) is 1. The van der Waals surface area contributed by atoms with Crippen LogP contribution in [0, 0.1) is 6.92 Å². The van der Waals surface area contributed by atoms with Gasteiger partial charge in [0.1, 0.15) is 0 Å². The van der Waals surface area contributed by atoms with Crippen LogP contribution in [0.3, 0.4) is 0 Å². The summed E-state index contributed by atoms with van der Waals surface area (Å²) in [5.41, 5.74) is 0.837. The molecule has 0 saturated heterocycles. The van der Waals surface area contributed by atoms with Crippen molar-refractivity contribution in [3.05, 3.63) is 59.7 Å². The third-order valence-corrected chi connectivity index (χ3v) is 5.12. The molecule has 0 aliphatic heterocycles. The molecule has 7 heteroatoms. The van der Waals surface area contributed by atoms with Gasteiger partial charge in [-0.1, -0.05) is 35.9 Å². The predicted molar refractivity (Wildman–Crippen MR) is 101 cm³/mol. The largest absolute Gasteiger partial charge is 0.319 e. The lowest BCUT2D eigenvalue weighted by atomic mass is 10.1. The van der Waals surface area contributed by atoms with E-state index in [1.807, 2.05) is 6.92 Å². The minimum Gasteiger partial charge on any atom is -0.319 e. The number of hydrogen-bond acceptors (Lipinski definition) is 4. The fourth-order valence-corrected chi connectivity index (χ4v) is 3.69. The van der Waals surface area contributed by atoms with Gasteiger partial charge in [0.25, 0.3) is 11.7 Å². The van der Waals surface area contributed by atoms with Crippen molar-refractivity contribution in [1.82, 2.24) is 4.72 Å². The Labute approximate surface area is 153 Å². The molecule has 138 valence electrons. The first kappa shape index (κ1) is 19.8. The van der Waals surface area contributed by atoms with Gasteiger partial charge in [-0.15, -0.1) is 0 Å². The molecule has 6 nitrogen and oxygen atoms in total. The third kappa shape index (κ3) is 5.24. The van der Waals surface area contributed by atoms with E-state index < -0.39 is 27.3 Å². The highest BCUT2D eigenvalue weighted by Gasteiger charge is 2.23. The van der Waals surface area contributed by atoms with Crippen molar-refractivity contribution >= 4 is 27.4 Å². The fraction of sp³-hybridized carbons (Fsp3) is 0.263. The van der Waals surface area contributed by atoms with E-state index in [9.17, 15) is 18.0 Å². The van der Waals surface area contributed by atoms with Crippen molar-refractivity contribution in [3.63, 3.8) is 0 Å². The normalized spacial score (nSPS) is 11.8. The second kappa shape index (κ2) is 7.39. The molecule has 2 aromatic rings. The minimum atomic E-state index is -3.74. The highest BCUT2D eigenvalue weighted by atomic mass is 32.2. The number of aryl methyl sites for hydroxylation is 1. The van der Waals surface area contributed by atoms with Gasteiger partial charge < -0.3 is 5.32 Å². The number of nitrogens with one attached hydrogen (secondary N) is 2. The standard InChI is InChI=1S/C19H22N2O4S/c1-13-8-10-14(11-9-13)17(22)18(23)20-15-6-5-7-16(12-15)26(24,25)21-19(2,3)4/h5-12,21H,1-4H3,(H,20,23). The van der Waals surface area contributed by atoms with Gasteiger partial charge in [-0.05, 0) is 45.9 Å². The molecule has 0 atom stereocenters. The molecule has 2 N–H and O–H groups in total. The molecule has 0 saturated carbocycles. The Hall–Kier alpha value is -2.51. The van der Waals surface area contributed by atoms with Crippen molar-refractivity contribution in [2.45, 2.75) is 38.1 Å². The highest BCUT2D eigenvalue weighted by molar-refractivity contribution is 7.89. The summed E-state index contributed by atoms with van der Waals surface area (Å²) in [5.74, 6) is -1.52. The molecule has 0 fully saturated rings. The average molecular weight is 374 g/mol. The van der Waals surface area contributed by atoms with Crippen LogP contribution in [-0.4, -0.2) is 25.6 Å². The Kier molecular flexibility index (Phi) is 5.63. The van der Waals surface area contributed by atoms with Gasteiger partial charge in [0.2, 0.25) is 10.0 Å². The van der Waals surface area contributed by atoms with Crippen LogP contribution >= 0.6 is 0 Å². The van der Waals surface area contributed by atoms with Crippen LogP contribution < -0.4 is 10.0 Å². The van der Waals surface area contributed by atoms with E-state index in [4.69, 9.17) is 0 Å². The van der Waals surface area contributed by atoms with Crippen LogP contribution in [0.25, 0.3) is 0 Å². The molecule has 0 aliphatic rings. The van der Waals surface area contributed by atoms with Gasteiger partial charge >= 0.3 is 0 Å². The van der Waals surface area contributed by atoms with Gasteiger partial charge in [-0.25, -0.2) is 13.1 Å². The van der Waals surface area contributed by atoms with Crippen molar-refractivity contribution in [1.29, 1.82) is 0 Å². The Balaban J connectivity index is 2.19. The molecular formula is C19H22N2O4S. The Bertz CT molecular complexity index is 927. The summed E-state index contributed by atoms with van der Waals surface area (Å²) in [4.78, 5) is 24.4. The van der Waals surface area contributed by atoms with Crippen LogP contribution in [0.4, 0.5) is 5.69 Å². The number of benzene rings is 2. The Morgan fingerprint density at radius 1 is 0.962 bits per heavy atom. The molecule has 0 aliphatic carbocycles. The monoisotopic (exact) mass is 374 g/mol. The van der Waals surface area contributed by atoms with Gasteiger partial charge in [0.15, 0.2) is 0 Å². The van der Waals surface area contributed by atoms with Crippen molar-refractivity contribution in [3.8, 4) is 0 Å². The van der Waals surface area contributed by atoms with E-state index in [1.165, 1.54) is 24.3 Å². The summed E-state index contributed by atoms with van der Waals surface area (Å²) in [7, 11) is -3.74. The van der Waals surface area contributed by atoms with E-state index in [-0.39, 0.29) is 16.1 Å². The van der Waals surface area contributed by atoms with Crippen LogP contribution in [0.5, 0.6) is 0 Å². The van der Waals surface area contributed by atoms with E-state index in [0.29, 0.717) is 0 Å². The van der Waals surface area contributed by atoms with E-state index in [1.54, 1.807) is 45.0 Å². The summed E-state index contributed by atoms with van der Waals surface area (Å²) in [6, 6.07) is 12.4. The molecule has 1 amide bonds. The first-order valence-electron chi connectivity index (χ1n) is 8.04. The Morgan fingerprint density at radius 3 is 2.15 bits per heavy atom. The minimum absolute atomic E-state index is 0.00742. The maximum atomic E-state index is 12.4. The average Bonchev–Trinajstić information content (AvgIpc) is 2.53. The summed E-state index contributed by atoms with van der Waals surface area (Å²) in [6.07, 6.45) is 0. The molecule has 0 bridgehead atoms. The fourth-order valence-electron chi connectivity index (χ4n) is 2.23. The van der Waals surface area contributed by atoms with Gasteiger partial charge in [0.05, 0.1) is 4.90 Å². The molecular weight excluding hydrogens is 352 g/mol. The van der Waals surface area contributed by atoms with Crippen molar-refractivity contribution < 1.29 is 18.0 Å². The topological polar surface area (TPSA) is 92.3 Å². The molecule has 2 rings (SSSR count). The molecule has 0 spiro atoms. The lowest BCUT2D eigenvalue weighted by molar-refractivity contribution is -0.112. The number of rotatable bonds is 5.